The second-order valence-electron chi connectivity index (χ2n) is 4.64. The van der Waals surface area contributed by atoms with Crippen LogP contribution < -0.4 is 0 Å². The molecule has 1 aliphatic carbocycles. The van der Waals surface area contributed by atoms with E-state index >= 15 is 0 Å². The normalized spacial score (nSPS) is 15.4. The molecule has 0 saturated heterocycles. The van der Waals surface area contributed by atoms with E-state index in [9.17, 15) is 4.79 Å². The van der Waals surface area contributed by atoms with Gasteiger partial charge in [-0.15, -0.1) is 0 Å². The fourth-order valence-electron chi connectivity index (χ4n) is 2.18. The summed E-state index contributed by atoms with van der Waals surface area (Å²) >= 11 is 3.43. The third-order valence-corrected chi connectivity index (χ3v) is 3.72. The summed E-state index contributed by atoms with van der Waals surface area (Å²) in [7, 11) is 0. The van der Waals surface area contributed by atoms with Crippen molar-refractivity contribution in [1.29, 1.82) is 0 Å². The van der Waals surface area contributed by atoms with Gasteiger partial charge in [-0.05, 0) is 38.3 Å². The molecular weight excluding hydrogens is 278 g/mol. The van der Waals surface area contributed by atoms with Crippen molar-refractivity contribution < 1.29 is 4.79 Å². The third kappa shape index (κ3) is 2.89. The first-order chi connectivity index (χ1) is 8.22. The van der Waals surface area contributed by atoms with Crippen LogP contribution in [0.4, 0.5) is 0 Å². The molecule has 1 saturated carbocycles. The van der Waals surface area contributed by atoms with Gasteiger partial charge in [0.15, 0.2) is 0 Å². The molecule has 1 aromatic carbocycles. The van der Waals surface area contributed by atoms with E-state index in [0.717, 1.165) is 35.8 Å². The van der Waals surface area contributed by atoms with Crippen molar-refractivity contribution in [2.24, 2.45) is 0 Å². The molecule has 0 heterocycles. The molecule has 0 aliphatic heterocycles. The van der Waals surface area contributed by atoms with Gasteiger partial charge < -0.3 is 4.90 Å². The molecule has 3 heteroatoms. The maximum absolute atomic E-state index is 12.4. The predicted octanol–water partition coefficient (Wildman–Crippen LogP) is 3.38. The average Bonchev–Trinajstić information content (AvgIpc) is 2.25. The number of benzene rings is 1. The molecule has 1 aromatic rings. The highest BCUT2D eigenvalue weighted by Crippen LogP contribution is 2.26. The van der Waals surface area contributed by atoms with Crippen LogP contribution in [0, 0.1) is 6.92 Å². The average molecular weight is 296 g/mol. The lowest BCUT2D eigenvalue weighted by atomic mass is 9.91. The summed E-state index contributed by atoms with van der Waals surface area (Å²) < 4.78 is 0. The van der Waals surface area contributed by atoms with E-state index in [1.54, 1.807) is 0 Å². The monoisotopic (exact) mass is 295 g/mol. The number of carbonyl (C=O) groups excluding carboxylic acids is 1. The molecule has 0 N–H and O–H groups in total. The first-order valence-corrected chi connectivity index (χ1v) is 7.28. The van der Waals surface area contributed by atoms with Crippen LogP contribution in [0.3, 0.4) is 0 Å². The number of aryl methyl sites for hydroxylation is 1. The van der Waals surface area contributed by atoms with Crippen LogP contribution in [0.25, 0.3) is 0 Å². The molecule has 0 atom stereocenters. The molecule has 0 bridgehead atoms. The smallest absolute Gasteiger partial charge is 0.254 e. The number of hydrogen-bond donors (Lipinski definition) is 0. The van der Waals surface area contributed by atoms with Gasteiger partial charge in [-0.2, -0.15) is 0 Å². The quantitative estimate of drug-likeness (QED) is 0.780. The molecule has 17 heavy (non-hydrogen) atoms. The van der Waals surface area contributed by atoms with Crippen molar-refractivity contribution in [2.75, 3.05) is 11.9 Å². The minimum Gasteiger partial charge on any atom is -0.335 e. The minimum absolute atomic E-state index is 0.179. The van der Waals surface area contributed by atoms with Gasteiger partial charge in [0, 0.05) is 23.5 Å². The van der Waals surface area contributed by atoms with Crippen molar-refractivity contribution in [3.63, 3.8) is 0 Å². The van der Waals surface area contributed by atoms with E-state index in [4.69, 9.17) is 0 Å². The van der Waals surface area contributed by atoms with E-state index in [0.29, 0.717) is 6.04 Å². The molecule has 92 valence electrons. The number of alkyl halides is 1. The van der Waals surface area contributed by atoms with Gasteiger partial charge in [-0.3, -0.25) is 4.79 Å². The van der Waals surface area contributed by atoms with Gasteiger partial charge in [-0.25, -0.2) is 0 Å². The number of halogens is 1. The summed E-state index contributed by atoms with van der Waals surface area (Å²) in [4.78, 5) is 14.4. The van der Waals surface area contributed by atoms with Crippen molar-refractivity contribution in [3.05, 3.63) is 35.4 Å². The van der Waals surface area contributed by atoms with Crippen LogP contribution >= 0.6 is 15.9 Å². The lowest BCUT2D eigenvalue weighted by molar-refractivity contribution is 0.0599. The maximum Gasteiger partial charge on any atom is 0.254 e. The van der Waals surface area contributed by atoms with E-state index in [-0.39, 0.29) is 5.91 Å². The first-order valence-electron chi connectivity index (χ1n) is 6.16. The summed E-state index contributed by atoms with van der Waals surface area (Å²) in [6.07, 6.45) is 3.57. The Morgan fingerprint density at radius 1 is 1.47 bits per heavy atom. The maximum atomic E-state index is 12.4. The Morgan fingerprint density at radius 2 is 2.24 bits per heavy atom. The van der Waals surface area contributed by atoms with Crippen molar-refractivity contribution >= 4 is 21.8 Å². The Morgan fingerprint density at radius 3 is 2.76 bits per heavy atom. The molecule has 0 radical (unpaired) electrons. The minimum atomic E-state index is 0.179. The predicted molar refractivity (Wildman–Crippen MR) is 73.6 cm³/mol. The number of nitrogens with zero attached hydrogens (tertiary/aromatic N) is 1. The zero-order chi connectivity index (χ0) is 12.3. The lowest BCUT2D eigenvalue weighted by Gasteiger charge is -2.37. The van der Waals surface area contributed by atoms with Crippen LogP contribution in [0.15, 0.2) is 24.3 Å². The highest BCUT2D eigenvalue weighted by atomic mass is 79.9. The molecule has 0 spiro atoms. The van der Waals surface area contributed by atoms with E-state index in [1.807, 2.05) is 36.1 Å². The molecule has 1 aliphatic rings. The van der Waals surface area contributed by atoms with Gasteiger partial charge in [-0.1, -0.05) is 33.6 Å². The summed E-state index contributed by atoms with van der Waals surface area (Å²) in [5.74, 6) is 0.179. The lowest BCUT2D eigenvalue weighted by Crippen LogP contribution is -2.45. The van der Waals surface area contributed by atoms with Crippen LogP contribution in [-0.4, -0.2) is 28.7 Å². The standard InChI is InChI=1S/C14H18BrNO/c1-11-4-2-5-12(10-11)14(17)16(9-8-15)13-6-3-7-13/h2,4-5,10,13H,3,6-9H2,1H3. The number of amides is 1. The second-order valence-corrected chi connectivity index (χ2v) is 5.43. The molecular formula is C14H18BrNO. The number of carbonyl (C=O) groups is 1. The SMILES string of the molecule is Cc1cccc(C(=O)N(CCBr)C2CCC2)c1. The fourth-order valence-corrected chi connectivity index (χ4v) is 2.57. The largest absolute Gasteiger partial charge is 0.335 e. The molecule has 2 rings (SSSR count). The van der Waals surface area contributed by atoms with Crippen molar-refractivity contribution in [1.82, 2.24) is 4.90 Å². The molecule has 0 unspecified atom stereocenters. The van der Waals surface area contributed by atoms with E-state index in [1.165, 1.54) is 6.42 Å². The topological polar surface area (TPSA) is 20.3 Å². The zero-order valence-electron chi connectivity index (χ0n) is 10.2. The fraction of sp³-hybridized carbons (Fsp3) is 0.500. The Labute approximate surface area is 111 Å². The first kappa shape index (κ1) is 12.6. The summed E-state index contributed by atoms with van der Waals surface area (Å²) in [5, 5.41) is 0.848. The Hall–Kier alpha value is -0.830. The van der Waals surface area contributed by atoms with Gasteiger partial charge >= 0.3 is 0 Å². The van der Waals surface area contributed by atoms with E-state index in [2.05, 4.69) is 15.9 Å². The van der Waals surface area contributed by atoms with Crippen LogP contribution in [-0.2, 0) is 0 Å². The van der Waals surface area contributed by atoms with Crippen molar-refractivity contribution in [3.8, 4) is 0 Å². The third-order valence-electron chi connectivity index (χ3n) is 3.37. The number of hydrogen-bond acceptors (Lipinski definition) is 1. The van der Waals surface area contributed by atoms with E-state index < -0.39 is 0 Å². The Bertz CT molecular complexity index is 401. The van der Waals surface area contributed by atoms with Gasteiger partial charge in [0.25, 0.3) is 5.91 Å². The molecule has 0 aromatic heterocycles. The van der Waals surface area contributed by atoms with Crippen LogP contribution in [0.2, 0.25) is 0 Å². The molecule has 2 nitrogen and oxygen atoms in total. The summed E-state index contributed by atoms with van der Waals surface area (Å²) in [6.45, 7) is 2.83. The van der Waals surface area contributed by atoms with Gasteiger partial charge in [0.2, 0.25) is 0 Å². The van der Waals surface area contributed by atoms with Gasteiger partial charge in [0.1, 0.15) is 0 Å². The Kier molecular flexibility index (Phi) is 4.21. The molecule has 1 amide bonds. The number of rotatable bonds is 4. The highest BCUT2D eigenvalue weighted by molar-refractivity contribution is 9.09. The summed E-state index contributed by atoms with van der Waals surface area (Å²) in [6, 6.07) is 8.32. The molecule has 1 fully saturated rings. The summed E-state index contributed by atoms with van der Waals surface area (Å²) in [5.41, 5.74) is 1.96. The van der Waals surface area contributed by atoms with Gasteiger partial charge in [0.05, 0.1) is 0 Å². The highest BCUT2D eigenvalue weighted by Gasteiger charge is 2.28. The Balaban J connectivity index is 2.15. The van der Waals surface area contributed by atoms with Crippen LogP contribution in [0.1, 0.15) is 35.2 Å². The van der Waals surface area contributed by atoms with Crippen molar-refractivity contribution in [2.45, 2.75) is 32.2 Å². The zero-order valence-corrected chi connectivity index (χ0v) is 11.7. The second kappa shape index (κ2) is 5.67. The van der Waals surface area contributed by atoms with Crippen LogP contribution in [0.5, 0.6) is 0 Å².